The lowest BCUT2D eigenvalue weighted by Gasteiger charge is -2.24. The zero-order chi connectivity index (χ0) is 13.0. The molecule has 1 fully saturated rings. The monoisotopic (exact) mass is 251 g/mol. The average Bonchev–Trinajstić information content (AvgIpc) is 2.64. The van der Waals surface area contributed by atoms with Crippen LogP contribution in [0.3, 0.4) is 0 Å². The van der Waals surface area contributed by atoms with Gasteiger partial charge in [-0.05, 0) is 38.9 Å². The number of nitrogens with zero attached hydrogens (tertiary/aromatic N) is 1. The number of carboxylic acids is 1. The first-order valence-corrected chi connectivity index (χ1v) is 6.72. The van der Waals surface area contributed by atoms with Gasteiger partial charge in [0.15, 0.2) is 0 Å². The summed E-state index contributed by atoms with van der Waals surface area (Å²) in [6.45, 7) is 4.86. The molecule has 2 rings (SSSR count). The van der Waals surface area contributed by atoms with Gasteiger partial charge < -0.3 is 9.52 Å². The average molecular weight is 251 g/mol. The van der Waals surface area contributed by atoms with Crippen LogP contribution in [-0.4, -0.2) is 29.1 Å². The first kappa shape index (κ1) is 13.1. The third-order valence-electron chi connectivity index (χ3n) is 3.57. The molecular formula is C14H21NO3. The predicted octanol–water partition coefficient (Wildman–Crippen LogP) is 3.05. The Hall–Kier alpha value is -1.29. The van der Waals surface area contributed by atoms with E-state index in [0.717, 1.165) is 31.0 Å². The second kappa shape index (κ2) is 6.05. The minimum atomic E-state index is -0.989. The SMILES string of the molecule is Cc1oc(C(=O)O)cc1CN1CCCCCCC1. The summed E-state index contributed by atoms with van der Waals surface area (Å²) in [5.41, 5.74) is 1.01. The summed E-state index contributed by atoms with van der Waals surface area (Å²) < 4.78 is 5.25. The molecule has 1 N–H and O–H groups in total. The Labute approximate surface area is 108 Å². The van der Waals surface area contributed by atoms with Gasteiger partial charge in [0.05, 0.1) is 0 Å². The second-order valence-electron chi connectivity index (χ2n) is 5.04. The van der Waals surface area contributed by atoms with Gasteiger partial charge in [-0.3, -0.25) is 4.90 Å². The van der Waals surface area contributed by atoms with Gasteiger partial charge in [-0.15, -0.1) is 0 Å². The van der Waals surface area contributed by atoms with Crippen molar-refractivity contribution in [2.75, 3.05) is 13.1 Å². The van der Waals surface area contributed by atoms with Crippen molar-refractivity contribution in [2.45, 2.75) is 45.6 Å². The molecule has 4 nitrogen and oxygen atoms in total. The molecule has 0 saturated carbocycles. The van der Waals surface area contributed by atoms with Gasteiger partial charge in [-0.2, -0.15) is 0 Å². The van der Waals surface area contributed by atoms with E-state index in [2.05, 4.69) is 4.90 Å². The molecule has 0 atom stereocenters. The molecule has 0 spiro atoms. The van der Waals surface area contributed by atoms with Crippen molar-refractivity contribution in [1.82, 2.24) is 4.90 Å². The van der Waals surface area contributed by atoms with Gasteiger partial charge in [0.2, 0.25) is 5.76 Å². The van der Waals surface area contributed by atoms with Crippen molar-refractivity contribution >= 4 is 5.97 Å². The molecule has 1 aromatic rings. The van der Waals surface area contributed by atoms with E-state index in [1.807, 2.05) is 6.92 Å². The normalized spacial score (nSPS) is 18.3. The number of likely N-dealkylation sites (tertiary alicyclic amines) is 1. The third kappa shape index (κ3) is 3.35. The Bertz CT molecular complexity index is 403. The van der Waals surface area contributed by atoms with Crippen LogP contribution in [0.25, 0.3) is 0 Å². The maximum absolute atomic E-state index is 10.9. The van der Waals surface area contributed by atoms with E-state index in [0.29, 0.717) is 0 Å². The number of hydrogen-bond acceptors (Lipinski definition) is 3. The fraction of sp³-hybridized carbons (Fsp3) is 0.643. The van der Waals surface area contributed by atoms with Crippen LogP contribution in [0.4, 0.5) is 0 Å². The van der Waals surface area contributed by atoms with E-state index in [9.17, 15) is 4.79 Å². The highest BCUT2D eigenvalue weighted by Gasteiger charge is 2.16. The van der Waals surface area contributed by atoms with Gasteiger partial charge in [0.1, 0.15) is 5.76 Å². The highest BCUT2D eigenvalue weighted by atomic mass is 16.4. The van der Waals surface area contributed by atoms with Gasteiger partial charge in [0, 0.05) is 12.1 Å². The molecule has 0 aromatic carbocycles. The summed E-state index contributed by atoms with van der Waals surface area (Å²) in [6.07, 6.45) is 6.44. The Morgan fingerprint density at radius 2 is 1.89 bits per heavy atom. The number of rotatable bonds is 3. The van der Waals surface area contributed by atoms with Crippen LogP contribution >= 0.6 is 0 Å². The molecule has 1 aliphatic rings. The highest BCUT2D eigenvalue weighted by molar-refractivity contribution is 5.84. The van der Waals surface area contributed by atoms with Crippen LogP contribution in [0.5, 0.6) is 0 Å². The van der Waals surface area contributed by atoms with Crippen LogP contribution in [0.2, 0.25) is 0 Å². The molecule has 0 radical (unpaired) electrons. The third-order valence-corrected chi connectivity index (χ3v) is 3.57. The smallest absolute Gasteiger partial charge is 0.371 e. The van der Waals surface area contributed by atoms with E-state index in [4.69, 9.17) is 9.52 Å². The summed E-state index contributed by atoms with van der Waals surface area (Å²) in [5.74, 6) is -0.207. The van der Waals surface area contributed by atoms with Crippen molar-refractivity contribution < 1.29 is 14.3 Å². The number of carboxylic acid groups (broad SMARTS) is 1. The first-order valence-electron chi connectivity index (χ1n) is 6.72. The van der Waals surface area contributed by atoms with Gasteiger partial charge in [0.25, 0.3) is 0 Å². The molecule has 0 bridgehead atoms. The van der Waals surface area contributed by atoms with E-state index in [1.54, 1.807) is 6.07 Å². The lowest BCUT2D eigenvalue weighted by atomic mass is 10.1. The van der Waals surface area contributed by atoms with E-state index in [-0.39, 0.29) is 5.76 Å². The van der Waals surface area contributed by atoms with Crippen molar-refractivity contribution in [2.24, 2.45) is 0 Å². The largest absolute Gasteiger partial charge is 0.475 e. The fourth-order valence-electron chi connectivity index (χ4n) is 2.49. The number of hydrogen-bond donors (Lipinski definition) is 1. The molecule has 0 amide bonds. The van der Waals surface area contributed by atoms with Crippen LogP contribution < -0.4 is 0 Å². The van der Waals surface area contributed by atoms with Gasteiger partial charge in [-0.1, -0.05) is 19.3 Å². The summed E-state index contributed by atoms with van der Waals surface area (Å²) >= 11 is 0. The number of carbonyl (C=O) groups is 1. The molecule has 2 heterocycles. The van der Waals surface area contributed by atoms with Crippen LogP contribution in [-0.2, 0) is 6.54 Å². The molecule has 1 aliphatic heterocycles. The Morgan fingerprint density at radius 1 is 1.28 bits per heavy atom. The molecule has 4 heteroatoms. The van der Waals surface area contributed by atoms with E-state index in [1.165, 1.54) is 32.1 Å². The topological polar surface area (TPSA) is 53.7 Å². The number of furan rings is 1. The maximum atomic E-state index is 10.9. The molecule has 0 unspecified atom stereocenters. The lowest BCUT2D eigenvalue weighted by molar-refractivity contribution is 0.0661. The van der Waals surface area contributed by atoms with E-state index < -0.39 is 5.97 Å². The second-order valence-corrected chi connectivity index (χ2v) is 5.04. The van der Waals surface area contributed by atoms with Crippen molar-refractivity contribution in [3.63, 3.8) is 0 Å². The van der Waals surface area contributed by atoms with Gasteiger partial charge >= 0.3 is 5.97 Å². The summed E-state index contributed by atoms with van der Waals surface area (Å²) in [6, 6.07) is 1.66. The van der Waals surface area contributed by atoms with Crippen LogP contribution in [0, 0.1) is 6.92 Å². The Balaban J connectivity index is 2.00. The number of aromatic carboxylic acids is 1. The zero-order valence-corrected chi connectivity index (χ0v) is 10.9. The Morgan fingerprint density at radius 3 is 2.44 bits per heavy atom. The van der Waals surface area contributed by atoms with Crippen LogP contribution in [0.15, 0.2) is 10.5 Å². The summed E-state index contributed by atoms with van der Waals surface area (Å²) in [7, 11) is 0. The molecule has 1 saturated heterocycles. The van der Waals surface area contributed by atoms with Crippen molar-refractivity contribution in [3.05, 3.63) is 23.2 Å². The highest BCUT2D eigenvalue weighted by Crippen LogP contribution is 2.19. The Kier molecular flexibility index (Phi) is 4.42. The quantitative estimate of drug-likeness (QED) is 0.897. The van der Waals surface area contributed by atoms with Gasteiger partial charge in [-0.25, -0.2) is 4.79 Å². The molecular weight excluding hydrogens is 230 g/mol. The lowest BCUT2D eigenvalue weighted by Crippen LogP contribution is -2.26. The molecule has 100 valence electrons. The minimum absolute atomic E-state index is 0.0505. The minimum Gasteiger partial charge on any atom is -0.475 e. The summed E-state index contributed by atoms with van der Waals surface area (Å²) in [5, 5.41) is 8.90. The standard InChI is InChI=1S/C14H21NO3/c1-11-12(9-13(18-11)14(16)17)10-15-7-5-3-2-4-6-8-15/h9H,2-8,10H2,1H3,(H,16,17). The maximum Gasteiger partial charge on any atom is 0.371 e. The molecule has 1 aromatic heterocycles. The zero-order valence-electron chi connectivity index (χ0n) is 10.9. The fourth-order valence-corrected chi connectivity index (χ4v) is 2.49. The first-order chi connectivity index (χ1) is 8.66. The van der Waals surface area contributed by atoms with Crippen molar-refractivity contribution in [3.8, 4) is 0 Å². The van der Waals surface area contributed by atoms with Crippen LogP contribution in [0.1, 0.15) is 54.0 Å². The summed E-state index contributed by atoms with van der Waals surface area (Å²) in [4.78, 5) is 13.3. The predicted molar refractivity (Wildman–Crippen MR) is 68.8 cm³/mol. The van der Waals surface area contributed by atoms with E-state index >= 15 is 0 Å². The number of aryl methyl sites for hydroxylation is 1. The molecule has 18 heavy (non-hydrogen) atoms. The van der Waals surface area contributed by atoms with Crippen molar-refractivity contribution in [1.29, 1.82) is 0 Å². The molecule has 0 aliphatic carbocycles.